The third-order valence-corrected chi connectivity index (χ3v) is 7.79. The number of fused-ring (bicyclic) bond motifs is 2. The second kappa shape index (κ2) is 9.36. The molecule has 2 fully saturated rings. The number of benzene rings is 1. The smallest absolute Gasteiger partial charge is 0.386 e. The third-order valence-electron chi connectivity index (χ3n) is 5.58. The van der Waals surface area contributed by atoms with E-state index < -0.39 is 32.4 Å². The van der Waals surface area contributed by atoms with Gasteiger partial charge in [0.1, 0.15) is 24.1 Å². The number of phosphoric ester groups is 1. The van der Waals surface area contributed by atoms with E-state index in [0.29, 0.717) is 33.6 Å². The Hall–Kier alpha value is -1.76. The number of unbranched alkanes of at least 4 members (excludes halogenated alkanes) is 1. The van der Waals surface area contributed by atoms with E-state index in [1.165, 1.54) is 11.8 Å². The van der Waals surface area contributed by atoms with Crippen molar-refractivity contribution in [2.75, 3.05) is 12.3 Å². The number of nitrogens with zero attached hydrogens (tertiary/aromatic N) is 4. The van der Waals surface area contributed by atoms with Crippen LogP contribution < -0.4 is 5.73 Å². The second-order valence-electron chi connectivity index (χ2n) is 8.01. The van der Waals surface area contributed by atoms with Gasteiger partial charge >= 0.3 is 7.82 Å². The molecule has 0 aliphatic carbocycles. The monoisotopic (exact) mass is 527 g/mol. The van der Waals surface area contributed by atoms with Crippen molar-refractivity contribution >= 4 is 48.2 Å². The van der Waals surface area contributed by atoms with Crippen LogP contribution in [-0.2, 0) is 24.8 Å². The Labute approximate surface area is 204 Å². The lowest BCUT2D eigenvalue weighted by molar-refractivity contribution is -0.0684. The molecule has 11 nitrogen and oxygen atoms in total. The fourth-order valence-corrected chi connectivity index (χ4v) is 5.93. The maximum absolute atomic E-state index is 11.9. The predicted molar refractivity (Wildman–Crippen MR) is 124 cm³/mol. The van der Waals surface area contributed by atoms with E-state index in [0.717, 1.165) is 17.7 Å². The maximum atomic E-state index is 11.9. The molecule has 2 aromatic heterocycles. The molecular formula is C20H23ClN5O6PS. The molecule has 14 heteroatoms. The molecule has 0 saturated carbocycles. The van der Waals surface area contributed by atoms with Crippen molar-refractivity contribution in [3.05, 3.63) is 35.1 Å². The minimum atomic E-state index is -4.27. The summed E-state index contributed by atoms with van der Waals surface area (Å²) in [7, 11) is -4.27. The highest BCUT2D eigenvalue weighted by atomic mass is 35.5. The average molecular weight is 528 g/mol. The van der Waals surface area contributed by atoms with Gasteiger partial charge in [0.25, 0.3) is 0 Å². The van der Waals surface area contributed by atoms with Gasteiger partial charge in [0, 0.05) is 16.3 Å². The molecule has 1 unspecified atom stereocenters. The summed E-state index contributed by atoms with van der Waals surface area (Å²) in [5, 5.41) is 12.1. The van der Waals surface area contributed by atoms with E-state index in [9.17, 15) is 14.6 Å². The topological polar surface area (TPSA) is 155 Å². The summed E-state index contributed by atoms with van der Waals surface area (Å²) in [5.41, 5.74) is 7.00. The highest BCUT2D eigenvalue weighted by Gasteiger charge is 2.53. The number of nitrogens with two attached hydrogens (primary N) is 1. The number of imidazole rings is 1. The Bertz CT molecular complexity index is 1260. The third kappa shape index (κ3) is 4.57. The number of nitrogen functional groups attached to an aromatic ring is 1. The molecule has 0 amide bonds. The first kappa shape index (κ1) is 24.0. The number of aryl methyl sites for hydroxylation is 1. The van der Waals surface area contributed by atoms with Crippen LogP contribution in [0.25, 0.3) is 11.2 Å². The van der Waals surface area contributed by atoms with Crippen molar-refractivity contribution < 1.29 is 28.3 Å². The molecule has 2 saturated heterocycles. The minimum absolute atomic E-state index is 0.197. The van der Waals surface area contributed by atoms with Crippen molar-refractivity contribution in [3.8, 4) is 0 Å². The van der Waals surface area contributed by atoms with E-state index in [4.69, 9.17) is 31.1 Å². The van der Waals surface area contributed by atoms with Crippen LogP contribution in [0.1, 0.15) is 31.8 Å². The van der Waals surface area contributed by atoms with Crippen LogP contribution in [0.2, 0.25) is 5.02 Å². The molecule has 0 spiro atoms. The van der Waals surface area contributed by atoms with Gasteiger partial charge in [-0.15, -0.1) is 0 Å². The number of aliphatic hydroxyl groups excluding tert-OH is 1. The van der Waals surface area contributed by atoms with E-state index in [1.54, 1.807) is 16.7 Å². The summed E-state index contributed by atoms with van der Waals surface area (Å²) in [6, 6.07) is 7.19. The van der Waals surface area contributed by atoms with Gasteiger partial charge < -0.3 is 20.5 Å². The normalized spacial score (nSPS) is 28.9. The van der Waals surface area contributed by atoms with Gasteiger partial charge in [-0.05, 0) is 30.7 Å². The molecule has 0 radical (unpaired) electrons. The number of hydrogen-bond acceptors (Lipinski definition) is 10. The van der Waals surface area contributed by atoms with Gasteiger partial charge in [-0.25, -0.2) is 19.5 Å². The fraction of sp³-hybridized carbons (Fsp3) is 0.450. The molecule has 4 heterocycles. The first-order chi connectivity index (χ1) is 16.3. The van der Waals surface area contributed by atoms with Gasteiger partial charge in [0.15, 0.2) is 28.4 Å². The fourth-order valence-electron chi connectivity index (χ4n) is 3.93. The van der Waals surface area contributed by atoms with E-state index in [1.807, 2.05) is 12.1 Å². The molecule has 2 aliphatic rings. The minimum Gasteiger partial charge on any atom is -0.386 e. The van der Waals surface area contributed by atoms with Crippen LogP contribution in [0.4, 0.5) is 5.82 Å². The lowest BCUT2D eigenvalue weighted by Crippen LogP contribution is -2.39. The number of ether oxygens (including phenoxy) is 1. The van der Waals surface area contributed by atoms with Crippen LogP contribution in [0.5, 0.6) is 0 Å². The number of anilines is 1. The van der Waals surface area contributed by atoms with Gasteiger partial charge in [-0.3, -0.25) is 13.6 Å². The number of phosphoric acid groups is 1. The molecule has 4 N–H and O–H groups in total. The largest absolute Gasteiger partial charge is 0.472 e. The Balaban J connectivity index is 1.60. The van der Waals surface area contributed by atoms with Gasteiger partial charge in [0.05, 0.1) is 6.61 Å². The zero-order chi connectivity index (χ0) is 24.0. The van der Waals surface area contributed by atoms with Gasteiger partial charge in [-0.1, -0.05) is 36.7 Å². The molecule has 34 heavy (non-hydrogen) atoms. The van der Waals surface area contributed by atoms with Crippen LogP contribution in [0.15, 0.2) is 34.3 Å². The Kier molecular flexibility index (Phi) is 6.60. The van der Waals surface area contributed by atoms with Gasteiger partial charge in [-0.2, -0.15) is 0 Å². The van der Waals surface area contributed by atoms with E-state index >= 15 is 0 Å². The molecule has 2 aliphatic heterocycles. The summed E-state index contributed by atoms with van der Waals surface area (Å²) < 4.78 is 29.6. The van der Waals surface area contributed by atoms with E-state index in [-0.39, 0.29) is 12.4 Å². The summed E-state index contributed by atoms with van der Waals surface area (Å²) in [6.07, 6.45) is -1.63. The first-order valence-corrected chi connectivity index (χ1v) is 13.4. The summed E-state index contributed by atoms with van der Waals surface area (Å²) in [5.74, 6) is 0.776. The lowest BCUT2D eigenvalue weighted by atomic mass is 10.1. The van der Waals surface area contributed by atoms with Gasteiger partial charge in [0.2, 0.25) is 0 Å². The zero-order valence-corrected chi connectivity index (χ0v) is 20.5. The quantitative estimate of drug-likeness (QED) is 0.404. The Morgan fingerprint density at radius 2 is 2.06 bits per heavy atom. The molecule has 5 rings (SSSR count). The highest BCUT2D eigenvalue weighted by molar-refractivity contribution is 7.99. The number of hydrogen-bond donors (Lipinski definition) is 3. The van der Waals surface area contributed by atoms with E-state index in [2.05, 4.69) is 21.9 Å². The van der Waals surface area contributed by atoms with Crippen molar-refractivity contribution in [1.82, 2.24) is 19.5 Å². The molecule has 182 valence electrons. The average Bonchev–Trinajstić information content (AvgIpc) is 3.30. The predicted octanol–water partition coefficient (Wildman–Crippen LogP) is 3.33. The number of rotatable bonds is 6. The van der Waals surface area contributed by atoms with Crippen LogP contribution in [0, 0.1) is 0 Å². The zero-order valence-electron chi connectivity index (χ0n) is 18.1. The van der Waals surface area contributed by atoms with Crippen molar-refractivity contribution in [3.63, 3.8) is 0 Å². The molecule has 0 bridgehead atoms. The van der Waals surface area contributed by atoms with Crippen LogP contribution in [0.3, 0.4) is 0 Å². The van der Waals surface area contributed by atoms with Crippen molar-refractivity contribution in [2.45, 2.75) is 60.8 Å². The molecule has 3 aromatic rings. The molecule has 1 aromatic carbocycles. The second-order valence-corrected chi connectivity index (χ2v) is 10.9. The highest BCUT2D eigenvalue weighted by Crippen LogP contribution is 2.53. The molecule has 5 atom stereocenters. The standard InChI is InChI=1S/C20H23ClN5O6PS/c1-2-3-4-13-23-17(22)14-18(24-13)26(20(25-14)34-11-7-5-10(21)6-8-11)19-15(27)16-12(31-19)9-30-33(28,29)32-16/h5-8,12,15-16,19,27H,2-4,9H2,1H3,(H,28,29)(H2,22,23,24)/t12-,15-,16-,19-/m1/s1. The van der Waals surface area contributed by atoms with Crippen LogP contribution >= 0.6 is 31.2 Å². The number of aliphatic hydroxyl groups is 1. The number of aromatic nitrogens is 4. The number of halogens is 1. The SMILES string of the molecule is CCCCc1nc(N)c2nc(Sc3ccc(Cl)cc3)n([C@@H]3O[C@@H]4COP(=O)(O)O[C@H]4[C@H]3O)c2n1. The lowest BCUT2D eigenvalue weighted by Gasteiger charge is -2.27. The molecular weight excluding hydrogens is 505 g/mol. The summed E-state index contributed by atoms with van der Waals surface area (Å²) in [4.78, 5) is 24.3. The summed E-state index contributed by atoms with van der Waals surface area (Å²) in [6.45, 7) is 1.87. The van der Waals surface area contributed by atoms with Crippen molar-refractivity contribution in [2.24, 2.45) is 0 Å². The Morgan fingerprint density at radius 3 is 2.79 bits per heavy atom. The van der Waals surface area contributed by atoms with Crippen molar-refractivity contribution in [1.29, 1.82) is 0 Å². The van der Waals surface area contributed by atoms with Crippen LogP contribution in [-0.4, -0.2) is 54.4 Å². The summed E-state index contributed by atoms with van der Waals surface area (Å²) >= 11 is 7.32. The first-order valence-electron chi connectivity index (χ1n) is 10.7. The maximum Gasteiger partial charge on any atom is 0.472 e. The Morgan fingerprint density at radius 1 is 1.29 bits per heavy atom.